The van der Waals surface area contributed by atoms with E-state index in [0.29, 0.717) is 24.0 Å². The summed E-state index contributed by atoms with van der Waals surface area (Å²) in [5.74, 6) is -0.224. The smallest absolute Gasteiger partial charge is 0.322 e. The van der Waals surface area contributed by atoms with Crippen LogP contribution in [0.2, 0.25) is 5.02 Å². The van der Waals surface area contributed by atoms with Gasteiger partial charge in [0.25, 0.3) is 5.91 Å². The summed E-state index contributed by atoms with van der Waals surface area (Å²) >= 11 is 7.70. The van der Waals surface area contributed by atoms with Crippen LogP contribution in [-0.4, -0.2) is 46.9 Å². The number of imide groups is 1. The van der Waals surface area contributed by atoms with E-state index in [-0.39, 0.29) is 12.3 Å². The van der Waals surface area contributed by atoms with Crippen LogP contribution in [0.25, 0.3) is 10.2 Å². The van der Waals surface area contributed by atoms with E-state index in [1.807, 2.05) is 18.2 Å². The van der Waals surface area contributed by atoms with Gasteiger partial charge in [0, 0.05) is 24.0 Å². The minimum atomic E-state index is -0.762. The van der Waals surface area contributed by atoms with Gasteiger partial charge in [-0.15, -0.1) is 11.3 Å². The fourth-order valence-corrected chi connectivity index (χ4v) is 4.66. The third kappa shape index (κ3) is 3.39. The van der Waals surface area contributed by atoms with E-state index < -0.39 is 18.0 Å². The number of amides is 4. The minimum absolute atomic E-state index is 0.00186. The molecule has 0 radical (unpaired) electrons. The van der Waals surface area contributed by atoms with E-state index in [0.717, 1.165) is 28.1 Å². The number of aromatic nitrogens is 1. The predicted molar refractivity (Wildman–Crippen MR) is 98.3 cm³/mol. The fraction of sp³-hybridized carbons (Fsp3) is 0.412. The molecule has 0 aliphatic carbocycles. The highest BCUT2D eigenvalue weighted by molar-refractivity contribution is 7.18. The molecule has 4 rings (SSSR count). The lowest BCUT2D eigenvalue weighted by Gasteiger charge is -2.31. The SMILES string of the molecule is O=C1NC(=O)C(CC(=O)N2CCC(c3nc4cc(Cl)ccc4s3)CC2)N1. The third-order valence-corrected chi connectivity index (χ3v) is 6.23. The van der Waals surface area contributed by atoms with Crippen LogP contribution in [-0.2, 0) is 9.59 Å². The van der Waals surface area contributed by atoms with Gasteiger partial charge in [-0.05, 0) is 31.0 Å². The molecule has 0 bridgehead atoms. The van der Waals surface area contributed by atoms with Gasteiger partial charge >= 0.3 is 6.03 Å². The van der Waals surface area contributed by atoms with Crippen molar-refractivity contribution in [2.24, 2.45) is 0 Å². The van der Waals surface area contributed by atoms with Crippen molar-refractivity contribution >= 4 is 51.0 Å². The van der Waals surface area contributed by atoms with Crippen LogP contribution in [0.1, 0.15) is 30.2 Å². The largest absolute Gasteiger partial charge is 0.343 e. The summed E-state index contributed by atoms with van der Waals surface area (Å²) in [5.41, 5.74) is 0.916. The van der Waals surface area contributed by atoms with Crippen LogP contribution in [0, 0.1) is 0 Å². The van der Waals surface area contributed by atoms with Gasteiger partial charge in [-0.2, -0.15) is 0 Å². The molecule has 2 aromatic rings. The van der Waals surface area contributed by atoms with E-state index in [1.165, 1.54) is 0 Å². The Morgan fingerprint density at radius 1 is 1.31 bits per heavy atom. The minimum Gasteiger partial charge on any atom is -0.343 e. The maximum atomic E-state index is 12.4. The summed E-state index contributed by atoms with van der Waals surface area (Å²) in [7, 11) is 0. The quantitative estimate of drug-likeness (QED) is 0.784. The number of fused-ring (bicyclic) bond motifs is 1. The molecule has 7 nitrogen and oxygen atoms in total. The summed E-state index contributed by atoms with van der Waals surface area (Å²) in [4.78, 5) is 41.6. The van der Waals surface area contributed by atoms with E-state index in [2.05, 4.69) is 10.6 Å². The number of nitrogens with zero attached hydrogens (tertiary/aromatic N) is 2. The van der Waals surface area contributed by atoms with E-state index in [4.69, 9.17) is 16.6 Å². The van der Waals surface area contributed by atoms with Crippen LogP contribution in [0.4, 0.5) is 4.79 Å². The van der Waals surface area contributed by atoms with Crippen LogP contribution < -0.4 is 10.6 Å². The molecule has 3 heterocycles. The highest BCUT2D eigenvalue weighted by Gasteiger charge is 2.34. The number of urea groups is 1. The number of carbonyl (C=O) groups is 3. The van der Waals surface area contributed by atoms with Gasteiger partial charge in [0.05, 0.1) is 21.6 Å². The summed E-state index contributed by atoms with van der Waals surface area (Å²) in [6.45, 7) is 1.25. The van der Waals surface area contributed by atoms with Crippen molar-refractivity contribution < 1.29 is 14.4 Å². The number of halogens is 1. The Morgan fingerprint density at radius 3 is 2.77 bits per heavy atom. The van der Waals surface area contributed by atoms with E-state index in [1.54, 1.807) is 16.2 Å². The van der Waals surface area contributed by atoms with Gasteiger partial charge in [0.15, 0.2) is 0 Å². The van der Waals surface area contributed by atoms with Gasteiger partial charge in [-0.3, -0.25) is 14.9 Å². The Kier molecular flexibility index (Phi) is 4.54. The van der Waals surface area contributed by atoms with Crippen molar-refractivity contribution in [3.8, 4) is 0 Å². The molecule has 2 aliphatic heterocycles. The topological polar surface area (TPSA) is 91.4 Å². The number of hydrogen-bond acceptors (Lipinski definition) is 5. The Bertz CT molecular complexity index is 891. The molecule has 1 atom stereocenters. The zero-order valence-electron chi connectivity index (χ0n) is 13.8. The molecule has 1 aromatic carbocycles. The van der Waals surface area contributed by atoms with Crippen LogP contribution in [0.5, 0.6) is 0 Å². The summed E-state index contributed by atoms with van der Waals surface area (Å²) < 4.78 is 1.12. The summed E-state index contributed by atoms with van der Waals surface area (Å²) in [6.07, 6.45) is 1.67. The molecular formula is C17H17ClN4O3S. The Labute approximate surface area is 158 Å². The number of hydrogen-bond donors (Lipinski definition) is 2. The molecule has 4 amide bonds. The van der Waals surface area contributed by atoms with Crippen molar-refractivity contribution in [1.29, 1.82) is 0 Å². The number of benzene rings is 1. The van der Waals surface area contributed by atoms with Crippen LogP contribution >= 0.6 is 22.9 Å². The zero-order valence-corrected chi connectivity index (χ0v) is 15.4. The average molecular weight is 393 g/mol. The predicted octanol–water partition coefficient (Wildman–Crippen LogP) is 2.25. The highest BCUT2D eigenvalue weighted by atomic mass is 35.5. The van der Waals surface area contributed by atoms with Crippen molar-refractivity contribution in [3.05, 3.63) is 28.2 Å². The second-order valence-corrected chi connectivity index (χ2v) is 8.04. The molecule has 136 valence electrons. The first-order chi connectivity index (χ1) is 12.5. The second-order valence-electron chi connectivity index (χ2n) is 6.54. The number of thiazole rings is 1. The van der Waals surface area contributed by atoms with Gasteiger partial charge in [0.1, 0.15) is 6.04 Å². The number of carbonyl (C=O) groups excluding carboxylic acids is 3. The molecule has 26 heavy (non-hydrogen) atoms. The van der Waals surface area contributed by atoms with Crippen molar-refractivity contribution in [2.75, 3.05) is 13.1 Å². The summed E-state index contributed by atoms with van der Waals surface area (Å²) in [6, 6.07) is 4.42. The molecule has 2 saturated heterocycles. The average Bonchev–Trinajstić information content (AvgIpc) is 3.17. The van der Waals surface area contributed by atoms with Gasteiger partial charge in [-0.1, -0.05) is 11.6 Å². The van der Waals surface area contributed by atoms with Gasteiger partial charge < -0.3 is 10.2 Å². The van der Waals surface area contributed by atoms with Crippen molar-refractivity contribution in [2.45, 2.75) is 31.2 Å². The number of rotatable bonds is 3. The maximum Gasteiger partial charge on any atom is 0.322 e. The number of piperidine rings is 1. The number of likely N-dealkylation sites (tertiary alicyclic amines) is 1. The first kappa shape index (κ1) is 17.2. The number of nitrogens with one attached hydrogen (secondary N) is 2. The van der Waals surface area contributed by atoms with Crippen molar-refractivity contribution in [3.63, 3.8) is 0 Å². The first-order valence-electron chi connectivity index (χ1n) is 8.45. The lowest BCUT2D eigenvalue weighted by atomic mass is 9.97. The normalized spacial score (nSPS) is 21.1. The molecule has 9 heteroatoms. The molecular weight excluding hydrogens is 376 g/mol. The Morgan fingerprint density at radius 2 is 2.08 bits per heavy atom. The molecule has 0 saturated carbocycles. The van der Waals surface area contributed by atoms with Gasteiger partial charge in [0.2, 0.25) is 5.91 Å². The molecule has 1 unspecified atom stereocenters. The molecule has 1 aromatic heterocycles. The lowest BCUT2D eigenvalue weighted by Crippen LogP contribution is -2.42. The Balaban J connectivity index is 1.36. The first-order valence-corrected chi connectivity index (χ1v) is 9.64. The third-order valence-electron chi connectivity index (χ3n) is 4.80. The lowest BCUT2D eigenvalue weighted by molar-refractivity contribution is -0.134. The standard InChI is InChI=1S/C17H17ClN4O3S/c18-10-1-2-13-11(7-10)19-16(26-13)9-3-5-22(6-4-9)14(23)8-12-15(24)21-17(25)20-12/h1-2,7,9,12H,3-6,8H2,(H2,20,21,24,25). The summed E-state index contributed by atoms with van der Waals surface area (Å²) in [5, 5.41) is 6.36. The highest BCUT2D eigenvalue weighted by Crippen LogP contribution is 2.34. The monoisotopic (exact) mass is 392 g/mol. The van der Waals surface area contributed by atoms with Gasteiger partial charge in [-0.25, -0.2) is 9.78 Å². The molecule has 2 aliphatic rings. The molecule has 2 N–H and O–H groups in total. The second kappa shape index (κ2) is 6.85. The van der Waals surface area contributed by atoms with Crippen molar-refractivity contribution in [1.82, 2.24) is 20.5 Å². The molecule has 2 fully saturated rings. The van der Waals surface area contributed by atoms with Crippen LogP contribution in [0.3, 0.4) is 0 Å². The fourth-order valence-electron chi connectivity index (χ4n) is 3.38. The molecule has 0 spiro atoms. The Hall–Kier alpha value is -2.19. The van der Waals surface area contributed by atoms with Crippen LogP contribution in [0.15, 0.2) is 18.2 Å². The zero-order chi connectivity index (χ0) is 18.3. The van der Waals surface area contributed by atoms with E-state index in [9.17, 15) is 14.4 Å². The van der Waals surface area contributed by atoms with E-state index >= 15 is 0 Å². The maximum absolute atomic E-state index is 12.4.